The molecule has 5 aromatic rings. The van der Waals surface area contributed by atoms with E-state index in [0.717, 1.165) is 28.0 Å². The second kappa shape index (κ2) is 11.7. The van der Waals surface area contributed by atoms with E-state index < -0.39 is 0 Å². The fourth-order valence-electron chi connectivity index (χ4n) is 5.30. The molecule has 0 aliphatic carbocycles. The lowest BCUT2D eigenvalue weighted by atomic mass is 10.00. The monoisotopic (exact) mass is 572 g/mol. The van der Waals surface area contributed by atoms with Crippen LogP contribution in [0.1, 0.15) is 41.7 Å². The highest BCUT2D eigenvalue weighted by Crippen LogP contribution is 2.35. The summed E-state index contributed by atoms with van der Waals surface area (Å²) in [6.07, 6.45) is 0. The van der Waals surface area contributed by atoms with E-state index >= 15 is 0 Å². The van der Waals surface area contributed by atoms with Gasteiger partial charge in [0.15, 0.2) is 17.3 Å². The maximum Gasteiger partial charge on any atom is 0.252 e. The number of aromatic amines is 1. The zero-order valence-electron chi connectivity index (χ0n) is 23.2. The molecule has 1 atom stereocenters. The molecule has 0 fully saturated rings. The smallest absolute Gasteiger partial charge is 0.252 e. The Morgan fingerprint density at radius 1 is 1.07 bits per heavy atom. The highest BCUT2D eigenvalue weighted by molar-refractivity contribution is 7.09. The number of hydrogen-bond acceptors (Lipinski definition) is 9. The molecule has 0 amide bonds. The summed E-state index contributed by atoms with van der Waals surface area (Å²) in [5, 5.41) is 15.9. The van der Waals surface area contributed by atoms with E-state index in [4.69, 9.17) is 14.2 Å². The number of rotatable bonds is 10. The largest absolute Gasteiger partial charge is 0.497 e. The van der Waals surface area contributed by atoms with Crippen LogP contribution in [0.15, 0.2) is 64.8 Å². The molecule has 0 bridgehead atoms. The van der Waals surface area contributed by atoms with Gasteiger partial charge < -0.3 is 19.2 Å². The van der Waals surface area contributed by atoms with Crippen LogP contribution in [-0.4, -0.2) is 50.4 Å². The van der Waals surface area contributed by atoms with Crippen molar-refractivity contribution < 1.29 is 14.2 Å². The summed E-state index contributed by atoms with van der Waals surface area (Å²) in [4.78, 5) is 19.9. The number of benzene rings is 2. The normalized spacial score (nSPS) is 13.7. The van der Waals surface area contributed by atoms with Gasteiger partial charge in [-0.15, -0.1) is 16.4 Å². The van der Waals surface area contributed by atoms with E-state index in [1.54, 1.807) is 18.4 Å². The van der Waals surface area contributed by atoms with Gasteiger partial charge in [0, 0.05) is 35.0 Å². The van der Waals surface area contributed by atoms with E-state index in [1.807, 2.05) is 53.2 Å². The van der Waals surface area contributed by atoms with Crippen molar-refractivity contribution in [1.29, 1.82) is 0 Å². The molecule has 6 rings (SSSR count). The van der Waals surface area contributed by atoms with Gasteiger partial charge in [-0.2, -0.15) is 0 Å². The van der Waals surface area contributed by atoms with Crippen LogP contribution in [0.2, 0.25) is 0 Å². The quantitative estimate of drug-likeness (QED) is 0.254. The summed E-state index contributed by atoms with van der Waals surface area (Å²) in [5.41, 5.74) is 2.31. The van der Waals surface area contributed by atoms with Crippen LogP contribution in [-0.2, 0) is 19.6 Å². The van der Waals surface area contributed by atoms with Crippen LogP contribution in [0.5, 0.6) is 17.2 Å². The number of fused-ring (bicyclic) bond motifs is 2. The van der Waals surface area contributed by atoms with Gasteiger partial charge in [-0.05, 0) is 57.6 Å². The van der Waals surface area contributed by atoms with Gasteiger partial charge in [0.25, 0.3) is 5.56 Å². The fourth-order valence-corrected chi connectivity index (χ4v) is 6.03. The molecule has 1 N–H and O–H groups in total. The standard InChI is InChI=1S/C30H32N6O4S/c1-19(2)28(29-32-33-34-36(29)16-20-6-8-23(38-3)9-7-20)35(18-24-5-4-12-41-24)17-22-13-21-14-26-27(40-11-10-39-26)15-25(21)31-30(22)37/h4-9,12-15,19,28H,10-11,16-18H2,1-3H3,(H,31,37). The Hall–Kier alpha value is -4.22. The fraction of sp³-hybridized carbons (Fsp3) is 0.333. The Morgan fingerprint density at radius 3 is 2.56 bits per heavy atom. The lowest BCUT2D eigenvalue weighted by molar-refractivity contribution is 0.127. The number of pyridine rings is 1. The van der Waals surface area contributed by atoms with Crippen molar-refractivity contribution in [3.8, 4) is 17.2 Å². The molecule has 0 radical (unpaired) electrons. The maximum atomic E-state index is 13.4. The first kappa shape index (κ1) is 27.0. The third-order valence-electron chi connectivity index (χ3n) is 7.24. The molecular weight excluding hydrogens is 540 g/mol. The summed E-state index contributed by atoms with van der Waals surface area (Å²) in [5.74, 6) is 3.05. The van der Waals surface area contributed by atoms with E-state index in [-0.39, 0.29) is 17.5 Å². The number of H-pyrrole nitrogens is 1. The number of tetrazole rings is 1. The van der Waals surface area contributed by atoms with E-state index in [0.29, 0.717) is 49.9 Å². The van der Waals surface area contributed by atoms with Crippen molar-refractivity contribution in [2.75, 3.05) is 20.3 Å². The van der Waals surface area contributed by atoms with Crippen LogP contribution >= 0.6 is 11.3 Å². The molecule has 1 aliphatic heterocycles. The molecule has 212 valence electrons. The van der Waals surface area contributed by atoms with Gasteiger partial charge in [-0.1, -0.05) is 32.0 Å². The third kappa shape index (κ3) is 5.82. The van der Waals surface area contributed by atoms with Crippen molar-refractivity contribution in [2.45, 2.75) is 39.5 Å². The lowest BCUT2D eigenvalue weighted by Gasteiger charge is -2.33. The van der Waals surface area contributed by atoms with Gasteiger partial charge in [0.1, 0.15) is 19.0 Å². The minimum atomic E-state index is -0.152. The lowest BCUT2D eigenvalue weighted by Crippen LogP contribution is -2.35. The zero-order valence-corrected chi connectivity index (χ0v) is 24.1. The minimum absolute atomic E-state index is 0.134. The Morgan fingerprint density at radius 2 is 1.85 bits per heavy atom. The van der Waals surface area contributed by atoms with Crippen LogP contribution in [0, 0.1) is 5.92 Å². The second-order valence-electron chi connectivity index (χ2n) is 10.4. The first-order valence-corrected chi connectivity index (χ1v) is 14.5. The molecule has 41 heavy (non-hydrogen) atoms. The number of aromatic nitrogens is 5. The molecule has 1 aliphatic rings. The third-order valence-corrected chi connectivity index (χ3v) is 8.10. The Kier molecular flexibility index (Phi) is 7.71. The van der Waals surface area contributed by atoms with E-state index in [9.17, 15) is 4.79 Å². The highest BCUT2D eigenvalue weighted by atomic mass is 32.1. The average molecular weight is 573 g/mol. The van der Waals surface area contributed by atoms with Gasteiger partial charge in [0.05, 0.1) is 25.2 Å². The number of hydrogen-bond donors (Lipinski definition) is 1. The number of thiophene rings is 1. The van der Waals surface area contributed by atoms with Gasteiger partial charge >= 0.3 is 0 Å². The molecule has 10 nitrogen and oxygen atoms in total. The topological polar surface area (TPSA) is 107 Å². The Labute approximate surface area is 241 Å². The van der Waals surface area contributed by atoms with Crippen molar-refractivity contribution in [3.05, 3.63) is 92.2 Å². The number of nitrogens with zero attached hydrogens (tertiary/aromatic N) is 5. The van der Waals surface area contributed by atoms with Crippen LogP contribution in [0.25, 0.3) is 10.9 Å². The molecular formula is C30H32N6O4S. The van der Waals surface area contributed by atoms with Crippen molar-refractivity contribution >= 4 is 22.2 Å². The van der Waals surface area contributed by atoms with Crippen LogP contribution < -0.4 is 19.8 Å². The highest BCUT2D eigenvalue weighted by Gasteiger charge is 2.30. The molecule has 0 spiro atoms. The predicted octanol–water partition coefficient (Wildman–Crippen LogP) is 4.80. The average Bonchev–Trinajstić information content (AvgIpc) is 3.65. The molecule has 1 unspecified atom stereocenters. The van der Waals surface area contributed by atoms with Crippen molar-refractivity contribution in [1.82, 2.24) is 30.1 Å². The second-order valence-corrected chi connectivity index (χ2v) is 11.5. The number of methoxy groups -OCH3 is 1. The predicted molar refractivity (Wildman–Crippen MR) is 157 cm³/mol. The molecule has 2 aromatic carbocycles. The minimum Gasteiger partial charge on any atom is -0.497 e. The van der Waals surface area contributed by atoms with Crippen molar-refractivity contribution in [2.24, 2.45) is 5.92 Å². The Bertz CT molecular complexity index is 1680. The zero-order chi connectivity index (χ0) is 28.3. The first-order chi connectivity index (χ1) is 20.0. The summed E-state index contributed by atoms with van der Waals surface area (Å²) >= 11 is 1.69. The summed E-state index contributed by atoms with van der Waals surface area (Å²) in [6, 6.07) is 17.6. The number of ether oxygens (including phenoxy) is 3. The molecule has 0 saturated heterocycles. The summed E-state index contributed by atoms with van der Waals surface area (Å²) in [6.45, 7) is 6.90. The van der Waals surface area contributed by atoms with E-state index in [1.165, 1.54) is 4.88 Å². The molecule has 11 heteroatoms. The van der Waals surface area contributed by atoms with Crippen molar-refractivity contribution in [3.63, 3.8) is 0 Å². The van der Waals surface area contributed by atoms with Gasteiger partial charge in [-0.25, -0.2) is 4.68 Å². The Balaban J connectivity index is 1.36. The van der Waals surface area contributed by atoms with Crippen LogP contribution in [0.4, 0.5) is 0 Å². The van der Waals surface area contributed by atoms with Gasteiger partial charge in [0.2, 0.25) is 0 Å². The molecule has 0 saturated carbocycles. The number of nitrogens with one attached hydrogen (secondary N) is 1. The van der Waals surface area contributed by atoms with E-state index in [2.05, 4.69) is 50.7 Å². The first-order valence-electron chi connectivity index (χ1n) is 13.6. The molecule has 4 heterocycles. The molecule has 3 aromatic heterocycles. The SMILES string of the molecule is COc1ccc(Cn2nnnc2C(C(C)C)N(Cc2cccs2)Cc2cc3cc4c(cc3[nH]c2=O)OCCO4)cc1. The van der Waals surface area contributed by atoms with Gasteiger partial charge in [-0.3, -0.25) is 9.69 Å². The maximum absolute atomic E-state index is 13.4. The van der Waals surface area contributed by atoms with Crippen LogP contribution in [0.3, 0.4) is 0 Å². The summed E-state index contributed by atoms with van der Waals surface area (Å²) in [7, 11) is 1.65. The summed E-state index contributed by atoms with van der Waals surface area (Å²) < 4.78 is 18.7.